The van der Waals surface area contributed by atoms with Crippen molar-refractivity contribution in [1.29, 1.82) is 0 Å². The number of urea groups is 1. The third-order valence-corrected chi connectivity index (χ3v) is 3.38. The summed E-state index contributed by atoms with van der Waals surface area (Å²) in [5, 5.41) is 2.21. The molecule has 6 heteroatoms. The molecule has 3 unspecified atom stereocenters. The molecule has 2 rings (SSSR count). The predicted octanol–water partition coefficient (Wildman–Crippen LogP) is 0.126. The standard InChI is InChI=1S/C11H16N2O4/c1-6-5-17-4-3-8(6)13-10(15)7(2)9(14)12-11(13)16/h6-8H,3-5H2,1-2H3,(H,12,14,16). The minimum Gasteiger partial charge on any atom is -0.381 e. The first kappa shape index (κ1) is 12.0. The average molecular weight is 240 g/mol. The van der Waals surface area contributed by atoms with Gasteiger partial charge >= 0.3 is 6.03 Å². The van der Waals surface area contributed by atoms with Crippen molar-refractivity contribution in [2.45, 2.75) is 26.3 Å². The van der Waals surface area contributed by atoms with E-state index in [1.807, 2.05) is 6.92 Å². The summed E-state index contributed by atoms with van der Waals surface area (Å²) in [6.07, 6.45) is 0.626. The molecule has 0 spiro atoms. The highest BCUT2D eigenvalue weighted by atomic mass is 16.5. The number of rotatable bonds is 1. The first-order valence-corrected chi connectivity index (χ1v) is 5.78. The lowest BCUT2D eigenvalue weighted by molar-refractivity contribution is -0.145. The van der Waals surface area contributed by atoms with Crippen molar-refractivity contribution in [3.63, 3.8) is 0 Å². The molecule has 0 aliphatic carbocycles. The zero-order valence-corrected chi connectivity index (χ0v) is 9.93. The minimum atomic E-state index is -0.789. The van der Waals surface area contributed by atoms with E-state index in [1.54, 1.807) is 0 Å². The average Bonchev–Trinajstić information content (AvgIpc) is 2.29. The molecular weight excluding hydrogens is 224 g/mol. The molecule has 4 amide bonds. The molecule has 1 N–H and O–H groups in total. The maximum atomic E-state index is 12.0. The third kappa shape index (κ3) is 2.04. The van der Waals surface area contributed by atoms with E-state index in [4.69, 9.17) is 4.74 Å². The quantitative estimate of drug-likeness (QED) is 0.661. The highest BCUT2D eigenvalue weighted by Crippen LogP contribution is 2.24. The van der Waals surface area contributed by atoms with Gasteiger partial charge in [-0.1, -0.05) is 6.92 Å². The van der Waals surface area contributed by atoms with E-state index in [9.17, 15) is 14.4 Å². The van der Waals surface area contributed by atoms with Crippen LogP contribution in [0.4, 0.5) is 4.79 Å². The molecule has 0 aromatic heterocycles. The Morgan fingerprint density at radius 1 is 1.29 bits per heavy atom. The zero-order valence-electron chi connectivity index (χ0n) is 9.93. The number of hydrogen-bond acceptors (Lipinski definition) is 4. The van der Waals surface area contributed by atoms with Gasteiger partial charge in [0.1, 0.15) is 5.92 Å². The van der Waals surface area contributed by atoms with E-state index in [1.165, 1.54) is 11.8 Å². The summed E-state index contributed by atoms with van der Waals surface area (Å²) in [6, 6.07) is -0.774. The molecule has 2 heterocycles. The molecule has 3 atom stereocenters. The van der Waals surface area contributed by atoms with Crippen molar-refractivity contribution < 1.29 is 19.1 Å². The Labute approximate surface area is 99.3 Å². The van der Waals surface area contributed by atoms with E-state index in [0.29, 0.717) is 19.6 Å². The van der Waals surface area contributed by atoms with Crippen molar-refractivity contribution >= 4 is 17.8 Å². The van der Waals surface area contributed by atoms with Crippen molar-refractivity contribution in [2.75, 3.05) is 13.2 Å². The van der Waals surface area contributed by atoms with Crippen LogP contribution in [0.1, 0.15) is 20.3 Å². The van der Waals surface area contributed by atoms with Crippen LogP contribution in [0.2, 0.25) is 0 Å². The van der Waals surface area contributed by atoms with Crippen LogP contribution in [0.5, 0.6) is 0 Å². The molecule has 0 bridgehead atoms. The fourth-order valence-electron chi connectivity index (χ4n) is 2.26. The summed E-state index contributed by atoms with van der Waals surface area (Å²) >= 11 is 0. The molecule has 6 nitrogen and oxygen atoms in total. The third-order valence-electron chi connectivity index (χ3n) is 3.38. The van der Waals surface area contributed by atoms with Gasteiger partial charge in [0.05, 0.1) is 6.61 Å². The lowest BCUT2D eigenvalue weighted by Crippen LogP contribution is -2.62. The van der Waals surface area contributed by atoms with Gasteiger partial charge in [-0.2, -0.15) is 0 Å². The molecule has 0 radical (unpaired) electrons. The number of barbiturate groups is 1. The first-order valence-electron chi connectivity index (χ1n) is 5.78. The number of carbonyl (C=O) groups is 3. The maximum absolute atomic E-state index is 12.0. The van der Waals surface area contributed by atoms with E-state index in [2.05, 4.69) is 5.32 Å². The lowest BCUT2D eigenvalue weighted by Gasteiger charge is -2.39. The van der Waals surface area contributed by atoms with Crippen LogP contribution < -0.4 is 5.32 Å². The highest BCUT2D eigenvalue weighted by Gasteiger charge is 2.43. The maximum Gasteiger partial charge on any atom is 0.331 e. The Kier molecular flexibility index (Phi) is 3.15. The fourth-order valence-corrected chi connectivity index (χ4v) is 2.26. The molecule has 2 fully saturated rings. The largest absolute Gasteiger partial charge is 0.381 e. The van der Waals surface area contributed by atoms with Crippen LogP contribution >= 0.6 is 0 Å². The molecule has 2 aliphatic rings. The summed E-state index contributed by atoms with van der Waals surface area (Å²) < 4.78 is 5.28. The molecule has 17 heavy (non-hydrogen) atoms. The number of imide groups is 2. The van der Waals surface area contributed by atoms with Crippen molar-refractivity contribution in [1.82, 2.24) is 10.2 Å². The van der Waals surface area contributed by atoms with Crippen LogP contribution in [0, 0.1) is 11.8 Å². The van der Waals surface area contributed by atoms with Crippen LogP contribution in [0.3, 0.4) is 0 Å². The Bertz CT molecular complexity index is 368. The van der Waals surface area contributed by atoms with Gasteiger partial charge < -0.3 is 4.74 Å². The first-order chi connectivity index (χ1) is 8.02. The second-order valence-electron chi connectivity index (χ2n) is 4.63. The number of hydrogen-bond donors (Lipinski definition) is 1. The molecular formula is C11H16N2O4. The molecule has 0 aromatic rings. The van der Waals surface area contributed by atoms with Gasteiger partial charge in [0.2, 0.25) is 11.8 Å². The van der Waals surface area contributed by atoms with Crippen molar-refractivity contribution in [2.24, 2.45) is 11.8 Å². The van der Waals surface area contributed by atoms with Gasteiger partial charge in [-0.15, -0.1) is 0 Å². The summed E-state index contributed by atoms with van der Waals surface area (Å²) in [5.74, 6) is -1.62. The molecule has 0 saturated carbocycles. The zero-order chi connectivity index (χ0) is 12.6. The number of ether oxygens (including phenoxy) is 1. The van der Waals surface area contributed by atoms with Crippen molar-refractivity contribution in [3.8, 4) is 0 Å². The Balaban J connectivity index is 2.21. The van der Waals surface area contributed by atoms with Gasteiger partial charge in [-0.3, -0.25) is 19.8 Å². The Hall–Kier alpha value is -1.43. The van der Waals surface area contributed by atoms with Crippen LogP contribution in [0.25, 0.3) is 0 Å². The molecule has 2 aliphatic heterocycles. The number of nitrogens with one attached hydrogen (secondary N) is 1. The number of carbonyl (C=O) groups excluding carboxylic acids is 3. The summed E-state index contributed by atoms with van der Waals surface area (Å²) in [7, 11) is 0. The Morgan fingerprint density at radius 2 is 2.00 bits per heavy atom. The second kappa shape index (κ2) is 4.44. The Morgan fingerprint density at radius 3 is 2.65 bits per heavy atom. The second-order valence-corrected chi connectivity index (χ2v) is 4.63. The highest BCUT2D eigenvalue weighted by molar-refractivity contribution is 6.16. The van der Waals surface area contributed by atoms with Crippen molar-refractivity contribution in [3.05, 3.63) is 0 Å². The SMILES string of the molecule is CC1C(=O)NC(=O)N(C2CCOCC2C)C1=O. The normalized spacial score (nSPS) is 34.8. The number of nitrogens with zero attached hydrogens (tertiary/aromatic N) is 1. The minimum absolute atomic E-state index is 0.0962. The van der Waals surface area contributed by atoms with E-state index >= 15 is 0 Å². The van der Waals surface area contributed by atoms with Crippen LogP contribution in [-0.2, 0) is 14.3 Å². The van der Waals surface area contributed by atoms with Crippen LogP contribution in [0.15, 0.2) is 0 Å². The summed E-state index contributed by atoms with van der Waals surface area (Å²) in [6.45, 7) is 4.52. The summed E-state index contributed by atoms with van der Waals surface area (Å²) in [5.41, 5.74) is 0. The van der Waals surface area contributed by atoms with E-state index in [0.717, 1.165) is 0 Å². The summed E-state index contributed by atoms with van der Waals surface area (Å²) in [4.78, 5) is 36.2. The van der Waals surface area contributed by atoms with E-state index < -0.39 is 23.8 Å². The predicted molar refractivity (Wildman–Crippen MR) is 57.9 cm³/mol. The molecule has 0 aromatic carbocycles. The number of amides is 4. The van der Waals surface area contributed by atoms with Gasteiger partial charge in [0.15, 0.2) is 0 Å². The molecule has 2 saturated heterocycles. The molecule has 94 valence electrons. The fraction of sp³-hybridized carbons (Fsp3) is 0.727. The lowest BCUT2D eigenvalue weighted by atomic mass is 9.94. The van der Waals surface area contributed by atoms with Gasteiger partial charge in [0.25, 0.3) is 0 Å². The van der Waals surface area contributed by atoms with Gasteiger partial charge in [0, 0.05) is 18.6 Å². The van der Waals surface area contributed by atoms with Gasteiger partial charge in [-0.25, -0.2) is 4.79 Å². The van der Waals surface area contributed by atoms with E-state index in [-0.39, 0.29) is 12.0 Å². The van der Waals surface area contributed by atoms with Gasteiger partial charge in [-0.05, 0) is 13.3 Å². The van der Waals surface area contributed by atoms with Crippen LogP contribution in [-0.4, -0.2) is 42.0 Å². The topological polar surface area (TPSA) is 75.7 Å². The monoisotopic (exact) mass is 240 g/mol. The smallest absolute Gasteiger partial charge is 0.331 e.